The molecule has 3 unspecified atom stereocenters. The lowest BCUT2D eigenvalue weighted by Crippen LogP contribution is -2.52. The fourth-order valence-electron chi connectivity index (χ4n) is 5.13. The van der Waals surface area contributed by atoms with Gasteiger partial charge in [0.25, 0.3) is 0 Å². The van der Waals surface area contributed by atoms with Crippen LogP contribution in [0.2, 0.25) is 0 Å². The van der Waals surface area contributed by atoms with Gasteiger partial charge in [0.1, 0.15) is 19.8 Å². The number of ether oxygens (including phenoxy) is 3. The van der Waals surface area contributed by atoms with E-state index in [1.165, 1.54) is 6.92 Å². The molecule has 3 aromatic carbocycles. The van der Waals surface area contributed by atoms with Crippen LogP contribution in [0.3, 0.4) is 0 Å². The van der Waals surface area contributed by atoms with E-state index in [4.69, 9.17) is 31.4 Å². The van der Waals surface area contributed by atoms with Gasteiger partial charge in [0.15, 0.2) is 0 Å². The fraction of sp³-hybridized carbons (Fsp3) is 0.512. The highest BCUT2D eigenvalue weighted by atomic mass is 19.3. The van der Waals surface area contributed by atoms with E-state index in [9.17, 15) is 36.3 Å². The predicted molar refractivity (Wildman–Crippen MR) is 218 cm³/mol. The minimum Gasteiger partial charge on any atom is -0.461 e. The molecule has 0 spiro atoms. The number of halogens is 5. The Hall–Kier alpha value is -4.80. The lowest BCUT2D eigenvalue weighted by Gasteiger charge is -2.28. The summed E-state index contributed by atoms with van der Waals surface area (Å²) < 4.78 is 78.0. The van der Waals surface area contributed by atoms with Crippen molar-refractivity contribution in [1.29, 1.82) is 0 Å². The summed E-state index contributed by atoms with van der Waals surface area (Å²) in [7, 11) is 0. The van der Waals surface area contributed by atoms with Crippen molar-refractivity contribution in [2.45, 2.75) is 109 Å². The van der Waals surface area contributed by atoms with E-state index in [-0.39, 0.29) is 58.7 Å². The Morgan fingerprint density at radius 3 is 1.37 bits per heavy atom. The Balaban J connectivity index is 0.000000443. The highest BCUT2D eigenvalue weighted by molar-refractivity contribution is 5.70. The zero-order valence-electron chi connectivity index (χ0n) is 34.5. The van der Waals surface area contributed by atoms with Crippen LogP contribution in [0.25, 0.3) is 0 Å². The molecule has 0 saturated carbocycles. The zero-order chi connectivity index (χ0) is 44.4. The molecule has 330 valence electrons. The molecule has 0 aliphatic carbocycles. The van der Waals surface area contributed by atoms with Crippen molar-refractivity contribution in [3.8, 4) is 0 Å². The van der Waals surface area contributed by atoms with Crippen LogP contribution >= 0.6 is 0 Å². The normalized spacial score (nSPS) is 14.1. The topological polar surface area (TPSA) is 181 Å². The third-order valence-electron chi connectivity index (χ3n) is 9.08. The van der Waals surface area contributed by atoms with Crippen molar-refractivity contribution >= 4 is 18.2 Å². The van der Waals surface area contributed by atoms with E-state index in [1.807, 2.05) is 78.9 Å². The van der Waals surface area contributed by atoms with E-state index in [0.29, 0.717) is 12.8 Å². The largest absolute Gasteiger partial charge is 0.461 e. The van der Waals surface area contributed by atoms with Crippen molar-refractivity contribution < 1.29 is 50.5 Å². The second kappa shape index (κ2) is 27.1. The molecule has 16 heteroatoms. The van der Waals surface area contributed by atoms with Crippen LogP contribution in [0.15, 0.2) is 91.0 Å². The van der Waals surface area contributed by atoms with Gasteiger partial charge in [-0.2, -0.15) is 0 Å². The highest BCUT2D eigenvalue weighted by Crippen LogP contribution is 2.32. The first-order valence-corrected chi connectivity index (χ1v) is 19.3. The third-order valence-corrected chi connectivity index (χ3v) is 9.08. The quantitative estimate of drug-likeness (QED) is 0.0402. The molecule has 0 heterocycles. The van der Waals surface area contributed by atoms with Crippen LogP contribution in [0.1, 0.15) is 82.9 Å². The summed E-state index contributed by atoms with van der Waals surface area (Å²) in [5, 5.41) is 5.07. The number of rotatable bonds is 21. The third kappa shape index (κ3) is 24.7. The van der Waals surface area contributed by atoms with Gasteiger partial charge >= 0.3 is 18.2 Å². The van der Waals surface area contributed by atoms with Gasteiger partial charge in [0.05, 0.1) is 24.2 Å². The second-order valence-corrected chi connectivity index (χ2v) is 15.2. The van der Waals surface area contributed by atoms with Crippen LogP contribution in [0.5, 0.6) is 0 Å². The van der Waals surface area contributed by atoms with Crippen molar-refractivity contribution in [2.75, 3.05) is 26.3 Å². The summed E-state index contributed by atoms with van der Waals surface area (Å²) in [5.74, 6) is -3.16. The number of nitrogens with two attached hydrogens (primary N) is 3. The van der Waals surface area contributed by atoms with Gasteiger partial charge in [-0.15, -0.1) is 0 Å². The molecule has 59 heavy (non-hydrogen) atoms. The van der Waals surface area contributed by atoms with E-state index in [2.05, 4.69) is 10.6 Å². The molecule has 2 amide bonds. The molecular formula is C43H62F5N5O6. The maximum absolute atomic E-state index is 12.9. The SMILES string of the molecule is CC(CN)(CC(F)F)NC(=O)OCc1ccccc1.CC(CN)(CCCF)NC(=O)OCc1ccccc1.CC(F)(F)CCC(C)(CN)CC(=O)OCc1ccccc1. The smallest absolute Gasteiger partial charge is 0.407 e. The molecule has 8 N–H and O–H groups in total. The van der Waals surface area contributed by atoms with Gasteiger partial charge in [-0.05, 0) is 68.7 Å². The van der Waals surface area contributed by atoms with Gasteiger partial charge in [-0.25, -0.2) is 27.2 Å². The first-order chi connectivity index (χ1) is 27.8. The van der Waals surface area contributed by atoms with E-state index >= 15 is 0 Å². The first kappa shape index (κ1) is 52.2. The molecule has 0 aliphatic rings. The van der Waals surface area contributed by atoms with Gasteiger partial charge in [-0.1, -0.05) is 97.9 Å². The van der Waals surface area contributed by atoms with Crippen LogP contribution in [-0.2, 0) is 38.8 Å². The summed E-state index contributed by atoms with van der Waals surface area (Å²) >= 11 is 0. The molecule has 0 fully saturated rings. The molecule has 0 aliphatic heterocycles. The molecule has 0 bridgehead atoms. The second-order valence-electron chi connectivity index (χ2n) is 15.2. The minimum absolute atomic E-state index is 0.0480. The number of carbonyl (C=O) groups is 3. The number of alkyl halides is 5. The van der Waals surface area contributed by atoms with Gasteiger partial charge in [0, 0.05) is 25.9 Å². The Morgan fingerprint density at radius 2 is 1.02 bits per heavy atom. The zero-order valence-corrected chi connectivity index (χ0v) is 34.5. The van der Waals surface area contributed by atoms with E-state index in [1.54, 1.807) is 26.0 Å². The lowest BCUT2D eigenvalue weighted by atomic mass is 9.81. The average molecular weight is 840 g/mol. The Kier molecular flexibility index (Phi) is 23.9. The average Bonchev–Trinajstić information content (AvgIpc) is 3.21. The van der Waals surface area contributed by atoms with E-state index < -0.39 is 60.1 Å². The van der Waals surface area contributed by atoms with Crippen molar-refractivity contribution in [2.24, 2.45) is 22.6 Å². The van der Waals surface area contributed by atoms with Crippen LogP contribution in [0.4, 0.5) is 31.5 Å². The molecule has 0 radical (unpaired) electrons. The van der Waals surface area contributed by atoms with Crippen molar-refractivity contribution in [3.05, 3.63) is 108 Å². The standard InChI is InChI=1S/C16H23F2NO2.C14H21FN2O2.C13H18F2N2O2/c1-15(12-19,8-9-16(2,17)18)10-14(20)21-11-13-6-4-3-5-7-13;1-14(11-16,8-5-9-15)17-13(18)19-10-12-6-3-2-4-7-12;1-13(9-16,7-11(14)15)17-12(18)19-8-10-5-3-2-4-6-10/h3-7H,8-12,19H2,1-2H3;2-4,6-7H,5,8-11,16H2,1H3,(H,17,18);2-6,11H,7-9,16H2,1H3,(H,17,18). The van der Waals surface area contributed by atoms with Crippen molar-refractivity contribution in [3.63, 3.8) is 0 Å². The fourth-order valence-corrected chi connectivity index (χ4v) is 5.13. The number of alkyl carbamates (subject to hydrolysis) is 2. The first-order valence-electron chi connectivity index (χ1n) is 19.3. The number of hydrogen-bond acceptors (Lipinski definition) is 9. The monoisotopic (exact) mass is 839 g/mol. The Morgan fingerprint density at radius 1 is 0.610 bits per heavy atom. The van der Waals surface area contributed by atoms with Gasteiger partial charge in [-0.3, -0.25) is 9.18 Å². The lowest BCUT2D eigenvalue weighted by molar-refractivity contribution is -0.147. The Bertz CT molecular complexity index is 1610. The number of benzene rings is 3. The summed E-state index contributed by atoms with van der Waals surface area (Å²) in [6, 6.07) is 27.8. The number of hydrogen-bond donors (Lipinski definition) is 5. The van der Waals surface area contributed by atoms with Gasteiger partial charge in [0.2, 0.25) is 12.3 Å². The molecule has 3 rings (SSSR count). The number of carbonyl (C=O) groups excluding carboxylic acids is 3. The number of esters is 1. The maximum Gasteiger partial charge on any atom is 0.407 e. The predicted octanol–water partition coefficient (Wildman–Crippen LogP) is 8.19. The van der Waals surface area contributed by atoms with Crippen LogP contribution in [0, 0.1) is 5.41 Å². The highest BCUT2D eigenvalue weighted by Gasteiger charge is 2.32. The summed E-state index contributed by atoms with van der Waals surface area (Å²) in [5.41, 5.74) is 16.8. The van der Waals surface area contributed by atoms with Crippen molar-refractivity contribution in [1.82, 2.24) is 10.6 Å². The number of amides is 2. The Labute approximate surface area is 344 Å². The van der Waals surface area contributed by atoms with E-state index in [0.717, 1.165) is 23.6 Å². The molecule has 3 aromatic rings. The number of nitrogens with one attached hydrogen (secondary N) is 2. The molecule has 0 saturated heterocycles. The molecule has 3 atom stereocenters. The summed E-state index contributed by atoms with van der Waals surface area (Å²) in [4.78, 5) is 35.1. The summed E-state index contributed by atoms with van der Waals surface area (Å²) in [6.45, 7) is 6.24. The summed E-state index contributed by atoms with van der Waals surface area (Å²) in [6.07, 6.45) is -3.53. The minimum atomic E-state index is -2.75. The van der Waals surface area contributed by atoms with Gasteiger partial charge < -0.3 is 42.0 Å². The molecular weight excluding hydrogens is 777 g/mol. The molecule has 0 aromatic heterocycles. The van der Waals surface area contributed by atoms with Crippen LogP contribution < -0.4 is 27.8 Å². The molecule has 11 nitrogen and oxygen atoms in total. The maximum atomic E-state index is 12.9. The van der Waals surface area contributed by atoms with Crippen LogP contribution in [-0.4, -0.2) is 67.9 Å².